The van der Waals surface area contributed by atoms with Gasteiger partial charge < -0.3 is 14.0 Å². The van der Waals surface area contributed by atoms with Crippen molar-refractivity contribution in [1.82, 2.24) is 14.4 Å². The molecule has 0 bridgehead atoms. The molecule has 0 fully saturated rings. The molecular formula is C16H23N3O5S. The molecule has 2 rings (SSSR count). The minimum Gasteiger partial charge on any atom is -0.497 e. The summed E-state index contributed by atoms with van der Waals surface area (Å²) in [5.41, 5.74) is 0. The van der Waals surface area contributed by atoms with Gasteiger partial charge in [0, 0.05) is 20.0 Å². The van der Waals surface area contributed by atoms with Crippen LogP contribution in [0.1, 0.15) is 25.1 Å². The van der Waals surface area contributed by atoms with Gasteiger partial charge in [0.15, 0.2) is 12.4 Å². The lowest BCUT2D eigenvalue weighted by Crippen LogP contribution is -2.31. The van der Waals surface area contributed by atoms with Gasteiger partial charge in [-0.3, -0.25) is 0 Å². The summed E-state index contributed by atoms with van der Waals surface area (Å²) in [7, 11) is -0.0612. The fourth-order valence-electron chi connectivity index (χ4n) is 2.08. The highest BCUT2D eigenvalue weighted by atomic mass is 32.2. The van der Waals surface area contributed by atoms with E-state index in [1.54, 1.807) is 38.4 Å². The number of aromatic nitrogens is 2. The van der Waals surface area contributed by atoms with Crippen molar-refractivity contribution in [1.29, 1.82) is 0 Å². The molecule has 0 aliphatic carbocycles. The summed E-state index contributed by atoms with van der Waals surface area (Å²) in [6.07, 6.45) is 0.965. The second kappa shape index (κ2) is 8.82. The van der Waals surface area contributed by atoms with Gasteiger partial charge in [0.25, 0.3) is 5.89 Å². The minimum atomic E-state index is -3.21. The summed E-state index contributed by atoms with van der Waals surface area (Å²) in [5.74, 6) is 2.33. The third-order valence-corrected chi connectivity index (χ3v) is 5.58. The topological polar surface area (TPSA) is 94.8 Å². The Bertz CT molecular complexity index is 758. The maximum absolute atomic E-state index is 11.9. The van der Waals surface area contributed by atoms with Crippen molar-refractivity contribution in [3.63, 3.8) is 0 Å². The van der Waals surface area contributed by atoms with Crippen molar-refractivity contribution in [2.24, 2.45) is 0 Å². The van der Waals surface area contributed by atoms with Crippen molar-refractivity contribution in [2.45, 2.75) is 26.4 Å². The Labute approximate surface area is 147 Å². The minimum absolute atomic E-state index is 0.136. The van der Waals surface area contributed by atoms with Gasteiger partial charge in [0.05, 0.1) is 12.9 Å². The van der Waals surface area contributed by atoms with Crippen LogP contribution in [0.5, 0.6) is 11.5 Å². The van der Waals surface area contributed by atoms with Crippen LogP contribution in [0.4, 0.5) is 0 Å². The molecule has 8 nitrogen and oxygen atoms in total. The van der Waals surface area contributed by atoms with Gasteiger partial charge in [-0.15, -0.1) is 0 Å². The van der Waals surface area contributed by atoms with Crippen LogP contribution in [0.3, 0.4) is 0 Å². The van der Waals surface area contributed by atoms with Gasteiger partial charge in [-0.05, 0) is 30.7 Å². The van der Waals surface area contributed by atoms with Crippen molar-refractivity contribution >= 4 is 10.0 Å². The first kappa shape index (κ1) is 19.2. The third kappa shape index (κ3) is 5.71. The quantitative estimate of drug-likeness (QED) is 0.631. The van der Waals surface area contributed by atoms with E-state index in [2.05, 4.69) is 10.1 Å². The van der Waals surface area contributed by atoms with Gasteiger partial charge >= 0.3 is 0 Å². The molecule has 1 aromatic heterocycles. The second-order valence-electron chi connectivity index (χ2n) is 5.46. The fourth-order valence-corrected chi connectivity index (χ4v) is 3.27. The van der Waals surface area contributed by atoms with Crippen LogP contribution in [0, 0.1) is 0 Å². The molecule has 0 amide bonds. The summed E-state index contributed by atoms with van der Waals surface area (Å²) in [4.78, 5) is 4.21. The van der Waals surface area contributed by atoms with Crippen LogP contribution in [0.25, 0.3) is 0 Å². The van der Waals surface area contributed by atoms with Crippen LogP contribution < -0.4 is 9.47 Å². The first-order chi connectivity index (χ1) is 11.9. The molecule has 2 aromatic rings. The van der Waals surface area contributed by atoms with E-state index in [1.165, 1.54) is 4.31 Å². The summed E-state index contributed by atoms with van der Waals surface area (Å²) in [6, 6.07) is 7.15. The van der Waals surface area contributed by atoms with Gasteiger partial charge in [0.2, 0.25) is 10.0 Å². The number of benzene rings is 1. The van der Waals surface area contributed by atoms with Crippen molar-refractivity contribution < 1.29 is 22.4 Å². The molecule has 1 heterocycles. The van der Waals surface area contributed by atoms with E-state index < -0.39 is 10.0 Å². The van der Waals surface area contributed by atoms with E-state index in [-0.39, 0.29) is 12.4 Å². The smallest absolute Gasteiger partial charge is 0.264 e. The second-order valence-corrected chi connectivity index (χ2v) is 7.65. The zero-order chi connectivity index (χ0) is 18.3. The number of hydrogen-bond donors (Lipinski definition) is 0. The van der Waals surface area contributed by atoms with Crippen LogP contribution in [-0.4, -0.2) is 49.3 Å². The zero-order valence-corrected chi connectivity index (χ0v) is 15.5. The predicted molar refractivity (Wildman–Crippen MR) is 92.0 cm³/mol. The lowest BCUT2D eigenvalue weighted by molar-refractivity contribution is 0.242. The Morgan fingerprint density at radius 2 is 1.88 bits per heavy atom. The number of hydrogen-bond acceptors (Lipinski definition) is 7. The van der Waals surface area contributed by atoms with E-state index in [1.807, 2.05) is 6.92 Å². The first-order valence-electron chi connectivity index (χ1n) is 7.97. The normalized spacial score (nSPS) is 11.7. The van der Waals surface area contributed by atoms with Crippen LogP contribution >= 0.6 is 0 Å². The number of rotatable bonds is 10. The Morgan fingerprint density at radius 3 is 2.52 bits per heavy atom. The lowest BCUT2D eigenvalue weighted by Gasteiger charge is -2.15. The Hall–Kier alpha value is -2.13. The molecular weight excluding hydrogens is 346 g/mol. The van der Waals surface area contributed by atoms with E-state index in [0.717, 1.165) is 5.75 Å². The lowest BCUT2D eigenvalue weighted by atomic mass is 10.3. The number of sulfonamides is 1. The number of likely N-dealkylation sites (N-methyl/N-ethyl adjacent to an activating group) is 1. The van der Waals surface area contributed by atoms with Crippen LogP contribution in [0.15, 0.2) is 28.8 Å². The van der Waals surface area contributed by atoms with E-state index in [0.29, 0.717) is 36.9 Å². The molecule has 25 heavy (non-hydrogen) atoms. The summed E-state index contributed by atoms with van der Waals surface area (Å²) in [5, 5.41) is 3.85. The van der Waals surface area contributed by atoms with Gasteiger partial charge in [-0.25, -0.2) is 12.7 Å². The molecule has 0 unspecified atom stereocenters. The van der Waals surface area contributed by atoms with Gasteiger partial charge in [0.1, 0.15) is 11.5 Å². The molecule has 0 saturated heterocycles. The third-order valence-electron chi connectivity index (χ3n) is 3.52. The molecule has 0 atom stereocenters. The predicted octanol–water partition coefficient (Wildman–Crippen LogP) is 1.87. The van der Waals surface area contributed by atoms with Crippen molar-refractivity contribution in [3.05, 3.63) is 36.0 Å². The average molecular weight is 369 g/mol. The highest BCUT2D eigenvalue weighted by Crippen LogP contribution is 2.18. The highest BCUT2D eigenvalue weighted by molar-refractivity contribution is 7.89. The monoisotopic (exact) mass is 369 g/mol. The molecule has 138 valence electrons. The molecule has 0 aliphatic heterocycles. The zero-order valence-electron chi connectivity index (χ0n) is 14.6. The molecule has 9 heteroatoms. The van der Waals surface area contributed by atoms with E-state index in [9.17, 15) is 8.42 Å². The maximum Gasteiger partial charge on any atom is 0.264 e. The number of methoxy groups -OCH3 is 1. The number of nitrogens with zero attached hydrogens (tertiary/aromatic N) is 3. The molecule has 0 spiro atoms. The average Bonchev–Trinajstić information content (AvgIpc) is 3.06. The molecule has 0 aliphatic rings. The Kier molecular flexibility index (Phi) is 6.77. The summed E-state index contributed by atoms with van der Waals surface area (Å²) < 4.78 is 40.9. The van der Waals surface area contributed by atoms with E-state index in [4.69, 9.17) is 14.0 Å². The summed E-state index contributed by atoms with van der Waals surface area (Å²) >= 11 is 0. The number of ether oxygens (including phenoxy) is 2. The van der Waals surface area contributed by atoms with Crippen LogP contribution in [0.2, 0.25) is 0 Å². The van der Waals surface area contributed by atoms with Crippen molar-refractivity contribution in [2.75, 3.05) is 26.5 Å². The SMILES string of the molecule is CCCS(=O)(=O)N(C)CCc1noc(COc2ccc(OC)cc2)n1. The first-order valence-corrected chi connectivity index (χ1v) is 9.58. The summed E-state index contributed by atoms with van der Waals surface area (Å²) in [6.45, 7) is 2.28. The molecule has 0 saturated carbocycles. The van der Waals surface area contributed by atoms with Crippen molar-refractivity contribution in [3.8, 4) is 11.5 Å². The molecule has 0 N–H and O–H groups in total. The van der Waals surface area contributed by atoms with Gasteiger partial charge in [-0.2, -0.15) is 4.98 Å². The molecule has 0 radical (unpaired) electrons. The molecule has 1 aromatic carbocycles. The maximum atomic E-state index is 11.9. The Balaban J connectivity index is 1.83. The largest absolute Gasteiger partial charge is 0.497 e. The van der Waals surface area contributed by atoms with Crippen LogP contribution in [-0.2, 0) is 23.1 Å². The van der Waals surface area contributed by atoms with E-state index >= 15 is 0 Å². The van der Waals surface area contributed by atoms with Gasteiger partial charge in [-0.1, -0.05) is 12.1 Å². The standard InChI is InChI=1S/C16H23N3O5S/c1-4-11-25(20,21)19(2)10-9-15-17-16(24-18-15)12-23-14-7-5-13(22-3)6-8-14/h5-8H,4,9-12H2,1-3H3. The fraction of sp³-hybridized carbons (Fsp3) is 0.500. The highest BCUT2D eigenvalue weighted by Gasteiger charge is 2.17. The Morgan fingerprint density at radius 1 is 1.20 bits per heavy atom.